The highest BCUT2D eigenvalue weighted by molar-refractivity contribution is 7.94. The highest BCUT2D eigenvalue weighted by atomic mass is 32.2. The van der Waals surface area contributed by atoms with E-state index in [4.69, 9.17) is 4.74 Å². The van der Waals surface area contributed by atoms with Crippen LogP contribution in [0.4, 0.5) is 0 Å². The average Bonchev–Trinajstić information content (AvgIpc) is 2.01. The molecule has 0 unspecified atom stereocenters. The van der Waals surface area contributed by atoms with Gasteiger partial charge in [-0.3, -0.25) is 0 Å². The summed E-state index contributed by atoms with van der Waals surface area (Å²) in [6, 6.07) is 0. The minimum Gasteiger partial charge on any atom is -0.501 e. The predicted octanol–water partition coefficient (Wildman–Crippen LogP) is 1.88. The number of hydrogen-bond acceptors (Lipinski definition) is 3. The highest BCUT2D eigenvalue weighted by Gasteiger charge is 2.07. The molecule has 0 aliphatic heterocycles. The molecule has 0 aromatic rings. The van der Waals surface area contributed by atoms with E-state index in [9.17, 15) is 8.42 Å². The van der Waals surface area contributed by atoms with Gasteiger partial charge in [0.25, 0.3) is 0 Å². The van der Waals surface area contributed by atoms with Crippen LogP contribution in [0.25, 0.3) is 0 Å². The van der Waals surface area contributed by atoms with E-state index in [0.717, 1.165) is 0 Å². The summed E-state index contributed by atoms with van der Waals surface area (Å²) in [5.41, 5.74) is 0. The molecule has 0 atom stereocenters. The Bertz CT molecular complexity index is 310. The van der Waals surface area contributed by atoms with Crippen LogP contribution in [-0.4, -0.2) is 21.8 Å². The van der Waals surface area contributed by atoms with Crippen molar-refractivity contribution in [3.63, 3.8) is 0 Å². The standard InChI is InChI=1S/C9H16O3S/c1-5-6-9(13(4,10)11)7-8(2)12-3/h6-7H,5H2,1-4H3/b8-7+,9-6+. The third-order valence-electron chi connectivity index (χ3n) is 1.50. The number of methoxy groups -OCH3 is 1. The first-order valence-electron chi connectivity index (χ1n) is 4.04. The van der Waals surface area contributed by atoms with Gasteiger partial charge >= 0.3 is 0 Å². The fourth-order valence-electron chi connectivity index (χ4n) is 0.778. The average molecular weight is 204 g/mol. The smallest absolute Gasteiger partial charge is 0.175 e. The molecule has 0 amide bonds. The lowest BCUT2D eigenvalue weighted by Gasteiger charge is -2.01. The molecule has 76 valence electrons. The second-order valence-electron chi connectivity index (χ2n) is 2.75. The van der Waals surface area contributed by atoms with Gasteiger partial charge in [0.15, 0.2) is 9.84 Å². The van der Waals surface area contributed by atoms with Crippen LogP contribution in [0.2, 0.25) is 0 Å². The molecular weight excluding hydrogens is 188 g/mol. The van der Waals surface area contributed by atoms with Crippen LogP contribution in [0.3, 0.4) is 0 Å². The van der Waals surface area contributed by atoms with Crippen LogP contribution in [0.5, 0.6) is 0 Å². The maximum Gasteiger partial charge on any atom is 0.175 e. The quantitative estimate of drug-likeness (QED) is 0.518. The van der Waals surface area contributed by atoms with Gasteiger partial charge in [0.1, 0.15) is 0 Å². The molecule has 0 saturated heterocycles. The van der Waals surface area contributed by atoms with E-state index in [1.165, 1.54) is 19.4 Å². The van der Waals surface area contributed by atoms with Crippen LogP contribution in [-0.2, 0) is 14.6 Å². The van der Waals surface area contributed by atoms with Crippen LogP contribution >= 0.6 is 0 Å². The summed E-state index contributed by atoms with van der Waals surface area (Å²) in [6.45, 7) is 3.61. The van der Waals surface area contributed by atoms with Gasteiger partial charge in [-0.2, -0.15) is 0 Å². The molecule has 0 fully saturated rings. The molecule has 0 N–H and O–H groups in total. The van der Waals surface area contributed by atoms with Crippen LogP contribution in [0, 0.1) is 0 Å². The van der Waals surface area contributed by atoms with Gasteiger partial charge in [0.2, 0.25) is 0 Å². The van der Waals surface area contributed by atoms with E-state index >= 15 is 0 Å². The fourth-order valence-corrected chi connectivity index (χ4v) is 1.63. The summed E-state index contributed by atoms with van der Waals surface area (Å²) in [7, 11) is -1.62. The van der Waals surface area contributed by atoms with Gasteiger partial charge in [-0.25, -0.2) is 8.42 Å². The molecule has 0 bridgehead atoms. The lowest BCUT2D eigenvalue weighted by Crippen LogP contribution is -1.99. The van der Waals surface area contributed by atoms with Gasteiger partial charge in [-0.1, -0.05) is 13.0 Å². The largest absolute Gasteiger partial charge is 0.501 e. The van der Waals surface area contributed by atoms with Crippen molar-refractivity contribution in [2.75, 3.05) is 13.4 Å². The fraction of sp³-hybridized carbons (Fsp3) is 0.556. The number of hydrogen-bond donors (Lipinski definition) is 0. The summed E-state index contributed by atoms with van der Waals surface area (Å²) in [4.78, 5) is 0.314. The van der Waals surface area contributed by atoms with Crippen LogP contribution in [0.15, 0.2) is 22.8 Å². The molecule has 0 heterocycles. The molecule has 0 spiro atoms. The van der Waals surface area contributed by atoms with Gasteiger partial charge < -0.3 is 4.74 Å². The van der Waals surface area contributed by atoms with Crippen molar-refractivity contribution in [3.05, 3.63) is 22.8 Å². The molecule has 0 aliphatic carbocycles. The van der Waals surface area contributed by atoms with Gasteiger partial charge in [0.05, 0.1) is 17.8 Å². The first kappa shape index (κ1) is 12.2. The second-order valence-corrected chi connectivity index (χ2v) is 4.76. The van der Waals surface area contributed by atoms with E-state index in [-0.39, 0.29) is 0 Å². The van der Waals surface area contributed by atoms with Gasteiger partial charge in [-0.05, 0) is 19.4 Å². The van der Waals surface area contributed by atoms with Crippen molar-refractivity contribution in [2.24, 2.45) is 0 Å². The van der Waals surface area contributed by atoms with E-state index in [1.54, 1.807) is 13.0 Å². The number of rotatable bonds is 4. The van der Waals surface area contributed by atoms with Crippen molar-refractivity contribution >= 4 is 9.84 Å². The number of ether oxygens (including phenoxy) is 1. The van der Waals surface area contributed by atoms with Crippen LogP contribution < -0.4 is 0 Å². The molecule has 13 heavy (non-hydrogen) atoms. The minimum atomic E-state index is -3.13. The Kier molecular flexibility index (Phi) is 4.77. The number of allylic oxidation sites excluding steroid dienone is 3. The summed E-state index contributed by atoms with van der Waals surface area (Å²) >= 11 is 0. The maximum atomic E-state index is 11.2. The van der Waals surface area contributed by atoms with Crippen molar-refractivity contribution in [2.45, 2.75) is 20.3 Å². The minimum absolute atomic E-state index is 0.314. The summed E-state index contributed by atoms with van der Waals surface area (Å²) in [6.07, 6.45) is 5.07. The lowest BCUT2D eigenvalue weighted by atomic mass is 10.3. The predicted molar refractivity (Wildman–Crippen MR) is 54.0 cm³/mol. The van der Waals surface area contributed by atoms with Crippen LogP contribution in [0.1, 0.15) is 20.3 Å². The maximum absolute atomic E-state index is 11.2. The molecule has 0 radical (unpaired) electrons. The molecule has 3 nitrogen and oxygen atoms in total. The Labute approximate surface area is 80.0 Å². The van der Waals surface area contributed by atoms with Gasteiger partial charge in [0, 0.05) is 6.26 Å². The Morgan fingerprint density at radius 3 is 2.31 bits per heavy atom. The molecule has 0 aliphatic rings. The second kappa shape index (κ2) is 5.07. The monoisotopic (exact) mass is 204 g/mol. The van der Waals surface area contributed by atoms with Gasteiger partial charge in [-0.15, -0.1) is 0 Å². The van der Waals surface area contributed by atoms with E-state index in [0.29, 0.717) is 17.1 Å². The summed E-state index contributed by atoms with van der Waals surface area (Å²) in [5.74, 6) is 0.588. The SMILES string of the molecule is CC/C=C(\C=C(/C)OC)S(C)(=O)=O. The molecule has 0 aromatic heterocycles. The molecule has 0 saturated carbocycles. The molecule has 4 heteroatoms. The summed E-state index contributed by atoms with van der Waals surface area (Å²) < 4.78 is 27.3. The first-order chi connectivity index (χ1) is 5.91. The highest BCUT2D eigenvalue weighted by Crippen LogP contribution is 2.10. The molecular formula is C9H16O3S. The lowest BCUT2D eigenvalue weighted by molar-refractivity contribution is 0.293. The Morgan fingerprint density at radius 1 is 1.46 bits per heavy atom. The zero-order chi connectivity index (χ0) is 10.5. The topological polar surface area (TPSA) is 43.4 Å². The Hall–Kier alpha value is -0.770. The third-order valence-corrected chi connectivity index (χ3v) is 2.64. The normalized spacial score (nSPS) is 14.5. The summed E-state index contributed by atoms with van der Waals surface area (Å²) in [5, 5.41) is 0. The van der Waals surface area contributed by atoms with E-state index < -0.39 is 9.84 Å². The number of sulfone groups is 1. The van der Waals surface area contributed by atoms with Crippen molar-refractivity contribution in [1.29, 1.82) is 0 Å². The van der Waals surface area contributed by atoms with Crippen molar-refractivity contribution < 1.29 is 13.2 Å². The van der Waals surface area contributed by atoms with E-state index in [2.05, 4.69) is 0 Å². The van der Waals surface area contributed by atoms with E-state index in [1.807, 2.05) is 6.92 Å². The molecule has 0 aromatic carbocycles. The Balaban J connectivity index is 4.98. The molecule has 0 rings (SSSR count). The first-order valence-corrected chi connectivity index (χ1v) is 5.93. The third kappa shape index (κ3) is 4.72. The Morgan fingerprint density at radius 2 is 2.00 bits per heavy atom. The van der Waals surface area contributed by atoms with Crippen molar-refractivity contribution in [3.8, 4) is 0 Å². The zero-order valence-electron chi connectivity index (χ0n) is 8.49. The zero-order valence-corrected chi connectivity index (χ0v) is 9.31. The van der Waals surface area contributed by atoms with Crippen molar-refractivity contribution in [1.82, 2.24) is 0 Å².